The molecule has 0 bridgehead atoms. The second-order valence-corrected chi connectivity index (χ2v) is 4.59. The summed E-state index contributed by atoms with van der Waals surface area (Å²) < 4.78 is 0. The summed E-state index contributed by atoms with van der Waals surface area (Å²) in [5.41, 5.74) is 7.07. The molecule has 84 valence electrons. The van der Waals surface area contributed by atoms with Crippen LogP contribution in [0.2, 0.25) is 0 Å². The van der Waals surface area contributed by atoms with Gasteiger partial charge in [0.1, 0.15) is 0 Å². The van der Waals surface area contributed by atoms with Gasteiger partial charge in [-0.1, -0.05) is 6.07 Å². The van der Waals surface area contributed by atoms with Crippen LogP contribution in [0, 0.1) is 27.7 Å². The van der Waals surface area contributed by atoms with Gasteiger partial charge >= 0.3 is 0 Å². The van der Waals surface area contributed by atoms with Gasteiger partial charge in [0.2, 0.25) is 0 Å². The molecule has 1 aromatic rings. The molecule has 1 nitrogen and oxygen atoms in total. The predicted molar refractivity (Wildman–Crippen MR) is 70.9 cm³/mol. The Morgan fingerprint density at radius 3 is 2.07 bits per heavy atom. The van der Waals surface area contributed by atoms with Crippen molar-refractivity contribution in [1.29, 1.82) is 0 Å². The lowest BCUT2D eigenvalue weighted by Gasteiger charge is -2.15. The van der Waals surface area contributed by atoms with E-state index in [-0.39, 0.29) is 0 Å². The molecule has 0 heterocycles. The molecule has 0 aliphatic heterocycles. The standard InChI is InChI=1S/C13H21NS/c1-9-7-10(2)12(4)13(11(9)3)8-14-5-6-15/h7,14-15H,5-6,8H2,1-4H3. The summed E-state index contributed by atoms with van der Waals surface area (Å²) in [6, 6.07) is 2.27. The van der Waals surface area contributed by atoms with Crippen molar-refractivity contribution in [2.24, 2.45) is 0 Å². The zero-order valence-corrected chi connectivity index (χ0v) is 11.0. The van der Waals surface area contributed by atoms with Gasteiger partial charge in [0.15, 0.2) is 0 Å². The van der Waals surface area contributed by atoms with Gasteiger partial charge in [-0.2, -0.15) is 12.6 Å². The van der Waals surface area contributed by atoms with Crippen LogP contribution in [0.3, 0.4) is 0 Å². The highest BCUT2D eigenvalue weighted by Gasteiger charge is 2.07. The summed E-state index contributed by atoms with van der Waals surface area (Å²) in [7, 11) is 0. The maximum absolute atomic E-state index is 4.20. The fourth-order valence-corrected chi connectivity index (χ4v) is 2.01. The molecule has 0 aliphatic carbocycles. The Hall–Kier alpha value is -0.470. The molecular weight excluding hydrogens is 202 g/mol. The second kappa shape index (κ2) is 5.57. The number of rotatable bonds is 4. The minimum absolute atomic E-state index is 0.892. The van der Waals surface area contributed by atoms with Gasteiger partial charge in [-0.05, 0) is 55.5 Å². The van der Waals surface area contributed by atoms with E-state index >= 15 is 0 Å². The number of thiol groups is 1. The van der Waals surface area contributed by atoms with E-state index < -0.39 is 0 Å². The van der Waals surface area contributed by atoms with Gasteiger partial charge in [0.25, 0.3) is 0 Å². The van der Waals surface area contributed by atoms with Crippen LogP contribution in [0.1, 0.15) is 27.8 Å². The monoisotopic (exact) mass is 223 g/mol. The largest absolute Gasteiger partial charge is 0.312 e. The number of hydrogen-bond donors (Lipinski definition) is 2. The van der Waals surface area contributed by atoms with Gasteiger partial charge in [-0.15, -0.1) is 0 Å². The van der Waals surface area contributed by atoms with Crippen LogP contribution >= 0.6 is 12.6 Å². The molecule has 2 heteroatoms. The van der Waals surface area contributed by atoms with E-state index in [1.807, 2.05) is 0 Å². The summed E-state index contributed by atoms with van der Waals surface area (Å²) in [4.78, 5) is 0. The third-order valence-corrected chi connectivity index (χ3v) is 3.34. The Morgan fingerprint density at radius 2 is 1.60 bits per heavy atom. The summed E-state index contributed by atoms with van der Waals surface area (Å²) in [5, 5.41) is 3.41. The lowest BCUT2D eigenvalue weighted by atomic mass is 9.94. The maximum Gasteiger partial charge on any atom is 0.0211 e. The molecule has 0 atom stereocenters. The molecule has 0 aromatic heterocycles. The molecule has 1 aromatic carbocycles. The van der Waals surface area contributed by atoms with E-state index in [9.17, 15) is 0 Å². The highest BCUT2D eigenvalue weighted by Crippen LogP contribution is 2.21. The lowest BCUT2D eigenvalue weighted by Crippen LogP contribution is -2.18. The Balaban J connectivity index is 2.94. The number of nitrogens with one attached hydrogen (secondary N) is 1. The van der Waals surface area contributed by atoms with Gasteiger partial charge < -0.3 is 5.32 Å². The molecular formula is C13H21NS. The van der Waals surface area contributed by atoms with E-state index in [1.165, 1.54) is 27.8 Å². The van der Waals surface area contributed by atoms with Crippen LogP contribution in [0.5, 0.6) is 0 Å². The summed E-state index contributed by atoms with van der Waals surface area (Å²) in [6.45, 7) is 10.7. The van der Waals surface area contributed by atoms with Crippen molar-refractivity contribution in [3.05, 3.63) is 33.9 Å². The van der Waals surface area contributed by atoms with Crippen molar-refractivity contribution in [3.8, 4) is 0 Å². The van der Waals surface area contributed by atoms with E-state index in [0.29, 0.717) is 0 Å². The first kappa shape index (κ1) is 12.6. The Kier molecular flexibility index (Phi) is 4.68. The Bertz CT molecular complexity index is 319. The highest BCUT2D eigenvalue weighted by molar-refractivity contribution is 7.80. The Labute approximate surface area is 98.7 Å². The molecule has 0 amide bonds. The molecule has 0 unspecified atom stereocenters. The first-order chi connectivity index (χ1) is 7.07. The van der Waals surface area contributed by atoms with Crippen LogP contribution in [0.25, 0.3) is 0 Å². The molecule has 1 N–H and O–H groups in total. The summed E-state index contributed by atoms with van der Waals surface area (Å²) in [5.74, 6) is 0.892. The molecule has 0 spiro atoms. The summed E-state index contributed by atoms with van der Waals surface area (Å²) >= 11 is 4.20. The average molecular weight is 223 g/mol. The van der Waals surface area contributed by atoms with Crippen LogP contribution in [-0.2, 0) is 6.54 Å². The first-order valence-electron chi connectivity index (χ1n) is 5.45. The second-order valence-electron chi connectivity index (χ2n) is 4.14. The SMILES string of the molecule is Cc1cc(C)c(C)c(CNCCS)c1C. The van der Waals surface area contributed by atoms with Crippen LogP contribution in [-0.4, -0.2) is 12.3 Å². The number of hydrogen-bond acceptors (Lipinski definition) is 2. The van der Waals surface area contributed by atoms with Gasteiger partial charge in [-0.25, -0.2) is 0 Å². The maximum atomic E-state index is 4.20. The molecule has 0 radical (unpaired) electrons. The molecule has 0 aliphatic rings. The van der Waals surface area contributed by atoms with Gasteiger partial charge in [0, 0.05) is 18.8 Å². The molecule has 0 saturated heterocycles. The quantitative estimate of drug-likeness (QED) is 0.591. The first-order valence-corrected chi connectivity index (χ1v) is 6.09. The molecule has 1 rings (SSSR count). The lowest BCUT2D eigenvalue weighted by molar-refractivity contribution is 0.724. The third-order valence-electron chi connectivity index (χ3n) is 3.11. The molecule has 0 fully saturated rings. The minimum atomic E-state index is 0.892. The van der Waals surface area contributed by atoms with Crippen molar-refractivity contribution < 1.29 is 0 Å². The van der Waals surface area contributed by atoms with Crippen molar-refractivity contribution >= 4 is 12.6 Å². The van der Waals surface area contributed by atoms with E-state index in [0.717, 1.165) is 18.8 Å². The van der Waals surface area contributed by atoms with E-state index in [1.54, 1.807) is 0 Å². The Morgan fingerprint density at radius 1 is 1.07 bits per heavy atom. The smallest absolute Gasteiger partial charge is 0.0211 e. The van der Waals surface area contributed by atoms with E-state index in [2.05, 4.69) is 51.7 Å². The number of aryl methyl sites for hydroxylation is 2. The fourth-order valence-electron chi connectivity index (χ4n) is 1.86. The van der Waals surface area contributed by atoms with Gasteiger partial charge in [0.05, 0.1) is 0 Å². The van der Waals surface area contributed by atoms with Crippen LogP contribution in [0.4, 0.5) is 0 Å². The zero-order chi connectivity index (χ0) is 11.4. The third kappa shape index (κ3) is 2.99. The fraction of sp³-hybridized carbons (Fsp3) is 0.538. The molecule has 15 heavy (non-hydrogen) atoms. The zero-order valence-electron chi connectivity index (χ0n) is 10.1. The van der Waals surface area contributed by atoms with Crippen molar-refractivity contribution in [2.45, 2.75) is 34.2 Å². The van der Waals surface area contributed by atoms with E-state index in [4.69, 9.17) is 0 Å². The highest BCUT2D eigenvalue weighted by atomic mass is 32.1. The minimum Gasteiger partial charge on any atom is -0.312 e. The number of benzene rings is 1. The van der Waals surface area contributed by atoms with Gasteiger partial charge in [-0.3, -0.25) is 0 Å². The average Bonchev–Trinajstić information content (AvgIpc) is 2.20. The van der Waals surface area contributed by atoms with Crippen LogP contribution < -0.4 is 5.32 Å². The molecule has 0 saturated carbocycles. The summed E-state index contributed by atoms with van der Waals surface area (Å²) in [6.07, 6.45) is 0. The van der Waals surface area contributed by atoms with Crippen molar-refractivity contribution in [3.63, 3.8) is 0 Å². The van der Waals surface area contributed by atoms with Crippen molar-refractivity contribution in [2.75, 3.05) is 12.3 Å². The topological polar surface area (TPSA) is 12.0 Å². The normalized spacial score (nSPS) is 10.7. The van der Waals surface area contributed by atoms with Crippen molar-refractivity contribution in [1.82, 2.24) is 5.32 Å². The predicted octanol–water partition coefficient (Wildman–Crippen LogP) is 2.94. The van der Waals surface area contributed by atoms with Crippen LogP contribution in [0.15, 0.2) is 6.07 Å².